The number of ether oxygens (including phenoxy) is 3. The van der Waals surface area contributed by atoms with E-state index < -0.39 is 42.6 Å². The zero-order valence-corrected chi connectivity index (χ0v) is 10.7. The van der Waals surface area contributed by atoms with Crippen molar-refractivity contribution in [2.75, 3.05) is 6.61 Å². The van der Waals surface area contributed by atoms with E-state index in [-0.39, 0.29) is 0 Å². The second-order valence-electron chi connectivity index (χ2n) is 3.67. The molecule has 0 rings (SSSR count). The zero-order valence-electron chi connectivity index (χ0n) is 10.7. The lowest BCUT2D eigenvalue weighted by molar-refractivity contribution is -0.350. The fourth-order valence-corrected chi connectivity index (χ4v) is 1.12. The van der Waals surface area contributed by atoms with E-state index in [2.05, 4.69) is 14.2 Å². The second-order valence-corrected chi connectivity index (χ2v) is 3.67. The molecule has 0 fully saturated rings. The molecule has 0 spiro atoms. The van der Waals surface area contributed by atoms with Crippen LogP contribution in [-0.2, 0) is 28.6 Å². The second kappa shape index (κ2) is 6.53. The van der Waals surface area contributed by atoms with Gasteiger partial charge in [-0.1, -0.05) is 0 Å². The Kier molecular flexibility index (Phi) is 5.92. The summed E-state index contributed by atoms with van der Waals surface area (Å²) in [6, 6.07) is 0. The summed E-state index contributed by atoms with van der Waals surface area (Å²) >= 11 is 0. The van der Waals surface area contributed by atoms with Crippen LogP contribution in [0.3, 0.4) is 0 Å². The minimum atomic E-state index is -4.71. The van der Waals surface area contributed by atoms with Gasteiger partial charge in [0.1, 0.15) is 6.61 Å². The van der Waals surface area contributed by atoms with Crippen molar-refractivity contribution in [3.05, 3.63) is 0 Å². The molecule has 6 nitrogen and oxygen atoms in total. The lowest BCUT2D eigenvalue weighted by atomic mass is 10.1. The fourth-order valence-electron chi connectivity index (χ4n) is 1.12. The van der Waals surface area contributed by atoms with Crippen molar-refractivity contribution in [2.24, 2.45) is 5.92 Å². The zero-order chi connectivity index (χ0) is 16.1. The summed E-state index contributed by atoms with van der Waals surface area (Å²) in [4.78, 5) is 31.5. The molecule has 0 aliphatic rings. The molecule has 0 N–H and O–H groups in total. The summed E-state index contributed by atoms with van der Waals surface area (Å²) in [5.41, 5.74) is 0. The van der Waals surface area contributed by atoms with Gasteiger partial charge >= 0.3 is 30.1 Å². The van der Waals surface area contributed by atoms with E-state index in [0.717, 1.165) is 6.92 Å². The van der Waals surface area contributed by atoms with Gasteiger partial charge < -0.3 is 14.2 Å². The lowest BCUT2D eigenvalue weighted by Crippen LogP contribution is -2.49. The first-order chi connectivity index (χ1) is 8.88. The Morgan fingerprint density at radius 3 is 1.45 bits per heavy atom. The maximum absolute atomic E-state index is 13.4. The van der Waals surface area contributed by atoms with Gasteiger partial charge in [0.25, 0.3) is 0 Å². The number of esters is 3. The van der Waals surface area contributed by atoms with Crippen molar-refractivity contribution in [2.45, 2.75) is 33.0 Å². The minimum Gasteiger partial charge on any atom is -0.465 e. The molecule has 0 heterocycles. The Morgan fingerprint density at radius 1 is 0.850 bits per heavy atom. The molecule has 0 bridgehead atoms. The predicted molar refractivity (Wildman–Crippen MR) is 53.5 cm³/mol. The van der Waals surface area contributed by atoms with Gasteiger partial charge in [-0.2, -0.15) is 17.6 Å². The van der Waals surface area contributed by atoms with Crippen LogP contribution in [0.15, 0.2) is 0 Å². The van der Waals surface area contributed by atoms with Crippen molar-refractivity contribution in [1.29, 1.82) is 0 Å². The molecule has 0 aliphatic heterocycles. The van der Waals surface area contributed by atoms with E-state index in [4.69, 9.17) is 0 Å². The predicted octanol–water partition coefficient (Wildman–Crippen LogP) is 1.48. The molecule has 0 aromatic heterocycles. The average molecular weight is 304 g/mol. The first-order valence-corrected chi connectivity index (χ1v) is 5.16. The normalized spacial score (nSPS) is 12.0. The first-order valence-electron chi connectivity index (χ1n) is 5.16. The summed E-state index contributed by atoms with van der Waals surface area (Å²) < 4.78 is 64.7. The average Bonchev–Trinajstić information content (AvgIpc) is 2.10. The van der Waals surface area contributed by atoms with Gasteiger partial charge in [0, 0.05) is 20.8 Å². The Labute approximate surface area is 111 Å². The molecule has 116 valence electrons. The van der Waals surface area contributed by atoms with Gasteiger partial charge in [-0.05, 0) is 0 Å². The monoisotopic (exact) mass is 304 g/mol. The molecular weight excluding hydrogens is 292 g/mol. The highest BCUT2D eigenvalue weighted by atomic mass is 19.3. The topological polar surface area (TPSA) is 78.9 Å². The van der Waals surface area contributed by atoms with E-state index in [1.807, 2.05) is 0 Å². The molecule has 0 radical (unpaired) electrons. The Balaban J connectivity index is 5.29. The van der Waals surface area contributed by atoms with Crippen LogP contribution in [0.25, 0.3) is 0 Å². The van der Waals surface area contributed by atoms with Crippen molar-refractivity contribution >= 4 is 17.9 Å². The van der Waals surface area contributed by atoms with Crippen molar-refractivity contribution < 1.29 is 46.2 Å². The van der Waals surface area contributed by atoms with Crippen LogP contribution < -0.4 is 0 Å². The summed E-state index contributed by atoms with van der Waals surface area (Å²) in [5, 5.41) is 0. The number of hydrogen-bond donors (Lipinski definition) is 0. The summed E-state index contributed by atoms with van der Waals surface area (Å²) in [6.07, 6.45) is -9.42. The van der Waals surface area contributed by atoms with Crippen LogP contribution in [0.2, 0.25) is 0 Å². The highest BCUT2D eigenvalue weighted by Crippen LogP contribution is 2.39. The molecule has 10 heteroatoms. The molecule has 0 aliphatic carbocycles. The maximum atomic E-state index is 13.4. The van der Waals surface area contributed by atoms with Crippen molar-refractivity contribution in [3.8, 4) is 0 Å². The maximum Gasteiger partial charge on any atom is 0.415 e. The highest BCUT2D eigenvalue weighted by Gasteiger charge is 2.60. The minimum absolute atomic E-state index is 0.570. The van der Waals surface area contributed by atoms with Crippen LogP contribution in [-0.4, -0.2) is 36.7 Å². The third-order valence-electron chi connectivity index (χ3n) is 1.82. The van der Waals surface area contributed by atoms with Crippen LogP contribution in [0.1, 0.15) is 20.8 Å². The van der Waals surface area contributed by atoms with Gasteiger partial charge in [-0.15, -0.1) is 0 Å². The van der Waals surface area contributed by atoms with E-state index >= 15 is 0 Å². The SMILES string of the molecule is CC(=O)OCC(C(F)(F)OC(C)=O)C(F)(F)OC(C)=O. The molecular formula is C10H12F4O6. The third-order valence-corrected chi connectivity index (χ3v) is 1.82. The molecule has 0 saturated heterocycles. The smallest absolute Gasteiger partial charge is 0.415 e. The number of alkyl halides is 4. The van der Waals surface area contributed by atoms with Gasteiger partial charge in [-0.3, -0.25) is 14.4 Å². The largest absolute Gasteiger partial charge is 0.465 e. The van der Waals surface area contributed by atoms with E-state index in [1.54, 1.807) is 0 Å². The Morgan fingerprint density at radius 2 is 1.20 bits per heavy atom. The molecule has 20 heavy (non-hydrogen) atoms. The van der Waals surface area contributed by atoms with E-state index in [9.17, 15) is 31.9 Å². The molecule has 0 aromatic carbocycles. The van der Waals surface area contributed by atoms with Gasteiger partial charge in [-0.25, -0.2) is 0 Å². The quantitative estimate of drug-likeness (QED) is 0.420. The summed E-state index contributed by atoms with van der Waals surface area (Å²) in [6.45, 7) is 0.419. The Hall–Kier alpha value is -1.87. The lowest BCUT2D eigenvalue weighted by Gasteiger charge is -2.30. The molecule has 0 saturated carbocycles. The van der Waals surface area contributed by atoms with Crippen LogP contribution in [0.4, 0.5) is 17.6 Å². The van der Waals surface area contributed by atoms with E-state index in [0.29, 0.717) is 13.8 Å². The number of carbonyl (C=O) groups is 3. The van der Waals surface area contributed by atoms with Gasteiger partial charge in [0.05, 0.1) is 0 Å². The van der Waals surface area contributed by atoms with Gasteiger partial charge in [0.2, 0.25) is 0 Å². The van der Waals surface area contributed by atoms with Crippen LogP contribution in [0, 0.1) is 5.92 Å². The van der Waals surface area contributed by atoms with Crippen LogP contribution >= 0.6 is 0 Å². The Bertz CT molecular complexity index is 367. The third kappa shape index (κ3) is 5.85. The standard InChI is InChI=1S/C10H12F4O6/c1-5(15)18-4-8(9(11,12)19-6(2)16)10(13,14)20-7(3)17/h8H,4H2,1-3H3. The summed E-state index contributed by atoms with van der Waals surface area (Å²) in [7, 11) is 0. The number of rotatable bonds is 6. The van der Waals surface area contributed by atoms with Crippen molar-refractivity contribution in [3.63, 3.8) is 0 Å². The molecule has 0 aromatic rings. The molecule has 0 unspecified atom stereocenters. The van der Waals surface area contributed by atoms with E-state index in [1.165, 1.54) is 0 Å². The number of carbonyl (C=O) groups excluding carboxylic acids is 3. The van der Waals surface area contributed by atoms with Crippen LogP contribution in [0.5, 0.6) is 0 Å². The highest BCUT2D eigenvalue weighted by molar-refractivity contribution is 5.67. The molecule has 0 amide bonds. The summed E-state index contributed by atoms with van der Waals surface area (Å²) in [5.74, 6) is -7.37. The number of hydrogen-bond acceptors (Lipinski definition) is 6. The van der Waals surface area contributed by atoms with Gasteiger partial charge in [0.15, 0.2) is 5.92 Å². The molecule has 0 atom stereocenters. The van der Waals surface area contributed by atoms with Crippen molar-refractivity contribution in [1.82, 2.24) is 0 Å². The fraction of sp³-hybridized carbons (Fsp3) is 0.700. The number of halogens is 4. The first kappa shape index (κ1) is 18.1.